The van der Waals surface area contributed by atoms with Crippen LogP contribution in [0.1, 0.15) is 0 Å². The van der Waals surface area contributed by atoms with Crippen LogP contribution in [0.4, 0.5) is 0 Å². The summed E-state index contributed by atoms with van der Waals surface area (Å²) in [6.45, 7) is 0. The molecule has 0 unspecified atom stereocenters. The monoisotopic (exact) mass is 735 g/mol. The second-order valence-electron chi connectivity index (χ2n) is 18.5. The van der Waals surface area contributed by atoms with Gasteiger partial charge in [0.1, 0.15) is 149 Å². The van der Waals surface area contributed by atoms with E-state index in [4.69, 9.17) is 0 Å². The molecule has 0 heterocycles. The first-order valence-corrected chi connectivity index (χ1v) is 21.8. The molecule has 0 bridgehead atoms. The van der Waals surface area contributed by atoms with Gasteiger partial charge in [-0.15, -0.1) is 38.2 Å². The summed E-state index contributed by atoms with van der Waals surface area (Å²) in [6, 6.07) is 15.9. The van der Waals surface area contributed by atoms with E-state index in [9.17, 15) is 0 Å². The van der Waals surface area contributed by atoms with Crippen LogP contribution < -0.4 is 104 Å². The van der Waals surface area contributed by atoms with Gasteiger partial charge in [-0.1, -0.05) is 108 Å². The van der Waals surface area contributed by atoms with Crippen molar-refractivity contribution in [2.24, 2.45) is 0 Å². The quantitative estimate of drug-likeness (QED) is 0.125. The van der Waals surface area contributed by atoms with Crippen molar-refractivity contribution in [3.8, 4) is 33.4 Å². The maximum Gasteiger partial charge on any atom is 0.139 e. The zero-order valence-corrected chi connectivity index (χ0v) is 39.5. The van der Waals surface area contributed by atoms with Crippen molar-refractivity contribution in [3.63, 3.8) is 0 Å². The lowest BCUT2D eigenvalue weighted by Gasteiger charge is -2.32. The molecule has 8 aromatic rings. The van der Waals surface area contributed by atoms with Crippen LogP contribution in [0.5, 0.6) is 0 Å². The van der Waals surface area contributed by atoms with E-state index >= 15 is 0 Å². The molecule has 262 valence electrons. The lowest BCUT2D eigenvalue weighted by Crippen LogP contribution is -2.53. The Kier molecular flexibility index (Phi) is 10.3. The van der Waals surface area contributed by atoms with Crippen LogP contribution in [0.2, 0.25) is 0 Å². The van der Waals surface area contributed by atoms with Gasteiger partial charge < -0.3 is 0 Å². The molecule has 8 aromatic carbocycles. The minimum Gasteiger partial charge on any atom is -0.101 e. The molecule has 0 aliphatic rings. The zero-order chi connectivity index (χ0) is 43.0. The molecule has 0 aliphatic carbocycles. The molecule has 0 saturated carbocycles. The number of hydrogen-bond donors (Lipinski definition) is 0. The van der Waals surface area contributed by atoms with E-state index in [0.29, 0.717) is 0 Å². The van der Waals surface area contributed by atoms with E-state index < -0.39 is 0 Å². The van der Waals surface area contributed by atoms with Crippen LogP contribution in [0, 0.1) is 0 Å². The summed E-state index contributed by atoms with van der Waals surface area (Å²) in [5.41, 5.74) is 35.0. The van der Waals surface area contributed by atoms with Crippen LogP contribution in [0.15, 0.2) is 42.5 Å². The summed E-state index contributed by atoms with van der Waals surface area (Å²) in [5, 5.41) is 11.1. The molecule has 0 N–H and O–H groups in total. The first-order valence-electron chi connectivity index (χ1n) is 21.8. The normalized spacial score (nSPS) is 11.7. The maximum atomic E-state index is 2.43. The third kappa shape index (κ3) is 5.64. The van der Waals surface area contributed by atoms with Gasteiger partial charge in [-0.3, -0.25) is 0 Å². The lowest BCUT2D eigenvalue weighted by atomic mass is 9.55. The highest BCUT2D eigenvalue weighted by atomic mass is 14.3. The lowest BCUT2D eigenvalue weighted by molar-refractivity contribution is 1.73. The Hall–Kier alpha value is -3.97. The van der Waals surface area contributed by atoms with Crippen molar-refractivity contribution < 1.29 is 0 Å². The molecular weight excluding hydrogens is 686 g/mol. The van der Waals surface area contributed by atoms with Gasteiger partial charge >= 0.3 is 0 Å². The molecule has 59 heavy (non-hydrogen) atoms. The Bertz CT molecular complexity index is 3140. The number of rotatable bonds is 3. The number of hydrogen-bond acceptors (Lipinski definition) is 0. The SMILES string of the molecule is Bc1c(B)c(-c2c3c(B)c(B)c(B)c(B)c3c(-c3cccc4ccccc34)c3c(B)c(B)c(B)c(B)c23)c(B)c(B)c1-c1c(B)c(B)c(B)c2c(B)c(B)c(B)c(B)c12. The molecule has 0 fully saturated rings. The molecule has 0 amide bonds. The Morgan fingerprint density at radius 2 is 0.492 bits per heavy atom. The fourth-order valence-electron chi connectivity index (χ4n) is 11.4. The van der Waals surface area contributed by atoms with Crippen molar-refractivity contribution in [2.75, 3.05) is 0 Å². The van der Waals surface area contributed by atoms with E-state index in [1.54, 1.807) is 0 Å². The van der Waals surface area contributed by atoms with Crippen LogP contribution in [-0.4, -0.2) is 149 Å². The van der Waals surface area contributed by atoms with Crippen LogP contribution >= 0.6 is 0 Å². The predicted octanol–water partition coefficient (Wildman–Crippen LogP) is -21.8. The van der Waals surface area contributed by atoms with Crippen molar-refractivity contribution in [3.05, 3.63) is 42.5 Å². The summed E-state index contributed by atoms with van der Waals surface area (Å²) in [4.78, 5) is 0. The minimum atomic E-state index is 1.28. The van der Waals surface area contributed by atoms with Crippen molar-refractivity contribution in [1.82, 2.24) is 0 Å². The topological polar surface area (TPSA) is 0 Å². The summed E-state index contributed by atoms with van der Waals surface area (Å²) in [6.07, 6.45) is 0. The average Bonchev–Trinajstić information content (AvgIpc) is 3.22. The van der Waals surface area contributed by atoms with Crippen LogP contribution in [0.3, 0.4) is 0 Å². The number of benzene rings is 8. The van der Waals surface area contributed by atoms with Gasteiger partial charge in [0.25, 0.3) is 0 Å². The van der Waals surface area contributed by atoms with Crippen molar-refractivity contribution >= 4 is 296 Å². The third-order valence-electron chi connectivity index (χ3n) is 16.4. The Labute approximate surface area is 369 Å². The predicted molar refractivity (Wildman–Crippen MR) is 328 cm³/mol. The Morgan fingerprint density at radius 1 is 0.203 bits per heavy atom. The number of fused-ring (bicyclic) bond motifs is 4. The summed E-state index contributed by atoms with van der Waals surface area (Å²) in [7, 11) is 45.0. The Morgan fingerprint density at radius 3 is 0.915 bits per heavy atom. The van der Waals surface area contributed by atoms with Gasteiger partial charge in [0.2, 0.25) is 0 Å². The third-order valence-corrected chi connectivity index (χ3v) is 16.4. The highest BCUT2D eigenvalue weighted by molar-refractivity contribution is 6.75. The van der Waals surface area contributed by atoms with Crippen molar-refractivity contribution in [1.29, 1.82) is 0 Å². The van der Waals surface area contributed by atoms with Gasteiger partial charge in [-0.25, -0.2) is 0 Å². The fraction of sp³-hybridized carbons (Fsp3) is 0. The fourth-order valence-corrected chi connectivity index (χ4v) is 11.4. The van der Waals surface area contributed by atoms with E-state index in [2.05, 4.69) is 192 Å². The molecule has 19 heteroatoms. The second-order valence-corrected chi connectivity index (χ2v) is 18.5. The van der Waals surface area contributed by atoms with E-state index in [0.717, 1.165) is 0 Å². The van der Waals surface area contributed by atoms with Gasteiger partial charge in [-0.05, 0) is 76.5 Å². The van der Waals surface area contributed by atoms with Gasteiger partial charge in [0.15, 0.2) is 0 Å². The molecular formula is C40H45B19. The van der Waals surface area contributed by atoms with Gasteiger partial charge in [-0.2, -0.15) is 0 Å². The van der Waals surface area contributed by atoms with Crippen molar-refractivity contribution in [2.45, 2.75) is 0 Å². The van der Waals surface area contributed by atoms with Crippen LogP contribution in [-0.2, 0) is 0 Å². The van der Waals surface area contributed by atoms with E-state index in [1.807, 2.05) is 0 Å². The molecule has 0 aromatic heterocycles. The molecule has 0 saturated heterocycles. The smallest absolute Gasteiger partial charge is 0.101 e. The summed E-state index contributed by atoms with van der Waals surface area (Å²) in [5.74, 6) is 0. The molecule has 0 radical (unpaired) electrons. The van der Waals surface area contributed by atoms with Crippen LogP contribution in [0.25, 0.3) is 76.5 Å². The zero-order valence-electron chi connectivity index (χ0n) is 39.5. The molecule has 0 nitrogen and oxygen atoms in total. The first kappa shape index (κ1) is 41.8. The summed E-state index contributed by atoms with van der Waals surface area (Å²) < 4.78 is 0. The van der Waals surface area contributed by atoms with E-state index in [1.165, 1.54) is 180 Å². The highest BCUT2D eigenvalue weighted by Crippen LogP contribution is 2.42. The van der Waals surface area contributed by atoms with E-state index in [-0.39, 0.29) is 0 Å². The maximum absolute atomic E-state index is 2.43. The highest BCUT2D eigenvalue weighted by Gasteiger charge is 2.29. The molecule has 0 aliphatic heterocycles. The molecule has 0 spiro atoms. The molecule has 8 rings (SSSR count). The first-order chi connectivity index (χ1) is 27.8. The standard InChI is InChI=1S/C40H45B19/c41-22-13-11(10-7-3-5-8-4-1-2-6-9(8)10)14-16(25(44)38(57)36(55)23(14)42)12(15(13)24(43)37(56)35(22)54)19-28(47)30(49)20(31(50)29(19)48)17-18-21(32(51)34(53)26(17)45)33(52)40(59)39(58)27(18)46/h1-7H,41-59H2. The molecule has 0 atom stereocenters. The van der Waals surface area contributed by atoms with Gasteiger partial charge in [0.05, 0.1) is 0 Å². The average molecular weight is 731 g/mol. The van der Waals surface area contributed by atoms with Gasteiger partial charge in [0, 0.05) is 0 Å². The minimum absolute atomic E-state index is 1.28. The summed E-state index contributed by atoms with van der Waals surface area (Å²) >= 11 is 0. The second kappa shape index (κ2) is 14.6. The largest absolute Gasteiger partial charge is 0.139 e. The Balaban J connectivity index is 1.66.